The van der Waals surface area contributed by atoms with Crippen LogP contribution in [0.4, 0.5) is 0 Å². The first kappa shape index (κ1) is 14.8. The normalized spacial score (nSPS) is 19.6. The number of benzene rings is 1. The molecule has 0 saturated heterocycles. The van der Waals surface area contributed by atoms with E-state index < -0.39 is 0 Å². The van der Waals surface area contributed by atoms with Crippen molar-refractivity contribution in [1.29, 1.82) is 0 Å². The zero-order valence-corrected chi connectivity index (χ0v) is 15.3. The standard InChI is InChI=1S/C16H17Br2NS/c1-19-15(14-9-13(17)16(18)20-14)12-8-4-6-10-5-2-3-7-11(10)12/h2-3,5,7,9,12,15,19H,4,6,8H2,1H3. The van der Waals surface area contributed by atoms with Crippen molar-refractivity contribution in [2.24, 2.45) is 0 Å². The molecule has 2 aromatic rings. The van der Waals surface area contributed by atoms with E-state index in [1.807, 2.05) is 11.3 Å². The average molecular weight is 415 g/mol. The zero-order valence-electron chi connectivity index (χ0n) is 11.3. The summed E-state index contributed by atoms with van der Waals surface area (Å²) in [4.78, 5) is 1.40. The molecule has 0 fully saturated rings. The van der Waals surface area contributed by atoms with Crippen molar-refractivity contribution in [2.75, 3.05) is 7.05 Å². The van der Waals surface area contributed by atoms with E-state index in [1.54, 1.807) is 0 Å². The third-order valence-electron chi connectivity index (χ3n) is 4.10. The van der Waals surface area contributed by atoms with Gasteiger partial charge in [0.25, 0.3) is 0 Å². The Morgan fingerprint density at radius 1 is 1.30 bits per heavy atom. The highest BCUT2D eigenvalue weighted by molar-refractivity contribution is 9.13. The number of hydrogen-bond donors (Lipinski definition) is 1. The van der Waals surface area contributed by atoms with E-state index in [4.69, 9.17) is 0 Å². The van der Waals surface area contributed by atoms with Gasteiger partial charge in [-0.25, -0.2) is 0 Å². The zero-order chi connectivity index (χ0) is 14.1. The highest BCUT2D eigenvalue weighted by Gasteiger charge is 2.29. The number of likely N-dealkylation sites (N-methyl/N-ethyl adjacent to an activating group) is 1. The minimum absolute atomic E-state index is 0.393. The lowest BCUT2D eigenvalue weighted by atomic mass is 9.78. The Balaban J connectivity index is 1.98. The lowest BCUT2D eigenvalue weighted by Crippen LogP contribution is -2.26. The van der Waals surface area contributed by atoms with Crippen LogP contribution in [-0.2, 0) is 6.42 Å². The van der Waals surface area contributed by atoms with Gasteiger partial charge in [0.2, 0.25) is 0 Å². The summed E-state index contributed by atoms with van der Waals surface area (Å²) in [6.07, 6.45) is 3.77. The second kappa shape index (κ2) is 6.30. The minimum atomic E-state index is 0.393. The molecule has 20 heavy (non-hydrogen) atoms. The van der Waals surface area contributed by atoms with E-state index in [9.17, 15) is 0 Å². The maximum atomic E-state index is 3.61. The molecule has 0 bridgehead atoms. The van der Waals surface area contributed by atoms with Crippen LogP contribution in [0.1, 0.15) is 40.8 Å². The van der Waals surface area contributed by atoms with Gasteiger partial charge in [-0.2, -0.15) is 0 Å². The Morgan fingerprint density at radius 3 is 2.80 bits per heavy atom. The number of aryl methyl sites for hydroxylation is 1. The lowest BCUT2D eigenvalue weighted by Gasteiger charge is -2.31. The van der Waals surface area contributed by atoms with Crippen LogP contribution >= 0.6 is 43.2 Å². The second-order valence-corrected chi connectivity index (χ2v) is 8.49. The van der Waals surface area contributed by atoms with Crippen LogP contribution in [0.25, 0.3) is 0 Å². The predicted octanol–water partition coefficient (Wildman–Crippen LogP) is 5.65. The molecule has 0 saturated carbocycles. The molecule has 4 heteroatoms. The fraction of sp³-hybridized carbons (Fsp3) is 0.375. The molecule has 2 unspecified atom stereocenters. The van der Waals surface area contributed by atoms with Crippen molar-refractivity contribution < 1.29 is 0 Å². The van der Waals surface area contributed by atoms with E-state index in [0.29, 0.717) is 12.0 Å². The summed E-state index contributed by atoms with van der Waals surface area (Å²) in [5.41, 5.74) is 3.05. The van der Waals surface area contributed by atoms with Crippen molar-refractivity contribution in [2.45, 2.75) is 31.2 Å². The van der Waals surface area contributed by atoms with Crippen molar-refractivity contribution in [1.82, 2.24) is 5.32 Å². The summed E-state index contributed by atoms with van der Waals surface area (Å²) in [6, 6.07) is 11.6. The molecule has 0 amide bonds. The fourth-order valence-corrected chi connectivity index (χ4v) is 5.46. The topological polar surface area (TPSA) is 12.0 Å². The molecule has 3 rings (SSSR count). The first-order valence-electron chi connectivity index (χ1n) is 6.90. The number of nitrogens with one attached hydrogen (secondary N) is 1. The summed E-state index contributed by atoms with van der Waals surface area (Å²) in [7, 11) is 2.07. The van der Waals surface area contributed by atoms with Gasteiger partial charge in [-0.15, -0.1) is 11.3 Å². The van der Waals surface area contributed by atoms with Gasteiger partial charge < -0.3 is 5.32 Å². The maximum Gasteiger partial charge on any atom is 0.0843 e. The highest BCUT2D eigenvalue weighted by Crippen LogP contribution is 2.44. The van der Waals surface area contributed by atoms with Crippen LogP contribution in [-0.4, -0.2) is 7.05 Å². The largest absolute Gasteiger partial charge is 0.312 e. The van der Waals surface area contributed by atoms with Crippen LogP contribution in [0, 0.1) is 0 Å². The third kappa shape index (κ3) is 2.76. The van der Waals surface area contributed by atoms with Crippen LogP contribution < -0.4 is 5.32 Å². The molecule has 1 nitrogen and oxygen atoms in total. The lowest BCUT2D eigenvalue weighted by molar-refractivity contribution is 0.430. The number of thiophene rings is 1. The average Bonchev–Trinajstić information content (AvgIpc) is 2.79. The van der Waals surface area contributed by atoms with Crippen molar-refractivity contribution >= 4 is 43.2 Å². The van der Waals surface area contributed by atoms with E-state index in [1.165, 1.54) is 39.1 Å². The monoisotopic (exact) mass is 413 g/mol. The Morgan fingerprint density at radius 2 is 2.10 bits per heavy atom. The smallest absolute Gasteiger partial charge is 0.0843 e. The van der Waals surface area contributed by atoms with Gasteiger partial charge in [-0.1, -0.05) is 24.3 Å². The van der Waals surface area contributed by atoms with Crippen LogP contribution in [0.2, 0.25) is 0 Å². The minimum Gasteiger partial charge on any atom is -0.312 e. The number of fused-ring (bicyclic) bond motifs is 1. The van der Waals surface area contributed by atoms with Gasteiger partial charge in [0.15, 0.2) is 0 Å². The molecule has 1 N–H and O–H groups in total. The first-order chi connectivity index (χ1) is 9.70. The van der Waals surface area contributed by atoms with Gasteiger partial charge in [-0.05, 0) is 75.4 Å². The summed E-state index contributed by atoms with van der Waals surface area (Å²) in [5.74, 6) is 0.572. The molecule has 0 aliphatic heterocycles. The van der Waals surface area contributed by atoms with Crippen LogP contribution in [0.5, 0.6) is 0 Å². The summed E-state index contributed by atoms with van der Waals surface area (Å²) >= 11 is 9.04. The van der Waals surface area contributed by atoms with E-state index in [2.05, 4.69) is 74.6 Å². The molecule has 0 spiro atoms. The Bertz CT molecular complexity index is 589. The molecule has 106 valence electrons. The van der Waals surface area contributed by atoms with Gasteiger partial charge in [0.05, 0.1) is 3.79 Å². The fourth-order valence-electron chi connectivity index (χ4n) is 3.20. The predicted molar refractivity (Wildman–Crippen MR) is 93.6 cm³/mol. The van der Waals surface area contributed by atoms with Crippen molar-refractivity contribution in [3.8, 4) is 0 Å². The van der Waals surface area contributed by atoms with Gasteiger partial charge >= 0.3 is 0 Å². The molecule has 2 atom stereocenters. The first-order valence-corrected chi connectivity index (χ1v) is 9.30. The number of halogens is 2. The molecule has 1 aromatic heterocycles. The SMILES string of the molecule is CNC(c1cc(Br)c(Br)s1)C1CCCc2ccccc21. The molecule has 1 heterocycles. The Kier molecular flexibility index (Phi) is 4.65. The highest BCUT2D eigenvalue weighted by atomic mass is 79.9. The molecular weight excluding hydrogens is 398 g/mol. The van der Waals surface area contributed by atoms with Gasteiger partial charge in [0, 0.05) is 21.3 Å². The third-order valence-corrected chi connectivity index (χ3v) is 7.44. The summed E-state index contributed by atoms with van der Waals surface area (Å²) in [6.45, 7) is 0. The molecule has 1 aromatic carbocycles. The van der Waals surface area contributed by atoms with E-state index in [0.717, 1.165) is 4.47 Å². The summed E-state index contributed by atoms with van der Waals surface area (Å²) < 4.78 is 2.33. The van der Waals surface area contributed by atoms with E-state index >= 15 is 0 Å². The molecule has 1 aliphatic rings. The molecular formula is C16H17Br2NS. The second-order valence-electron chi connectivity index (χ2n) is 5.23. The molecule has 0 radical (unpaired) electrons. The van der Waals surface area contributed by atoms with Crippen LogP contribution in [0.15, 0.2) is 38.6 Å². The van der Waals surface area contributed by atoms with Crippen molar-refractivity contribution in [3.05, 3.63) is 54.6 Å². The Hall–Kier alpha value is -0.160. The van der Waals surface area contributed by atoms with Gasteiger partial charge in [0.1, 0.15) is 0 Å². The van der Waals surface area contributed by atoms with Gasteiger partial charge in [-0.3, -0.25) is 0 Å². The van der Waals surface area contributed by atoms with Crippen LogP contribution in [0.3, 0.4) is 0 Å². The quantitative estimate of drug-likeness (QED) is 0.683. The number of hydrogen-bond acceptors (Lipinski definition) is 2. The van der Waals surface area contributed by atoms with Crippen molar-refractivity contribution in [3.63, 3.8) is 0 Å². The Labute approximate surface area is 141 Å². The summed E-state index contributed by atoms with van der Waals surface area (Å²) in [5, 5.41) is 3.54. The maximum absolute atomic E-state index is 3.61. The molecule has 1 aliphatic carbocycles. The number of rotatable bonds is 3. The van der Waals surface area contributed by atoms with E-state index in [-0.39, 0.29) is 0 Å².